The molecule has 3 aromatic carbocycles. The SMILES string of the molecule is CCOC(=O)[C@H](Cc1ccc2c(c1)NC(=O)[C@@H](CCC(=O)Nc1ncc[nH]1)O2)NS(=O)(=O)c1cccc2ccccc12. The summed E-state index contributed by atoms with van der Waals surface area (Å²) in [4.78, 5) is 44.5. The topological polar surface area (TPSA) is 169 Å². The second kappa shape index (κ2) is 12.4. The molecule has 42 heavy (non-hydrogen) atoms. The van der Waals surface area contributed by atoms with E-state index in [1.807, 2.05) is 6.07 Å². The highest BCUT2D eigenvalue weighted by atomic mass is 32.2. The summed E-state index contributed by atoms with van der Waals surface area (Å²) in [6, 6.07) is 15.7. The Morgan fingerprint density at radius 2 is 1.93 bits per heavy atom. The molecule has 4 N–H and O–H groups in total. The fourth-order valence-corrected chi connectivity index (χ4v) is 6.05. The van der Waals surface area contributed by atoms with Crippen molar-refractivity contribution in [3.05, 3.63) is 78.6 Å². The van der Waals surface area contributed by atoms with Crippen LogP contribution in [-0.2, 0) is 35.6 Å². The van der Waals surface area contributed by atoms with Crippen LogP contribution >= 0.6 is 0 Å². The van der Waals surface area contributed by atoms with Gasteiger partial charge in [-0.25, -0.2) is 13.4 Å². The summed E-state index contributed by atoms with van der Waals surface area (Å²) < 4.78 is 40.4. The Bertz CT molecular complexity index is 1720. The number of rotatable bonds is 11. The molecule has 0 saturated heterocycles. The summed E-state index contributed by atoms with van der Waals surface area (Å²) in [7, 11) is -4.12. The highest BCUT2D eigenvalue weighted by molar-refractivity contribution is 7.89. The number of nitrogens with zero attached hydrogens (tertiary/aromatic N) is 1. The molecule has 1 aromatic heterocycles. The molecule has 0 fully saturated rings. The number of hydrogen-bond donors (Lipinski definition) is 4. The lowest BCUT2D eigenvalue weighted by Gasteiger charge is -2.26. The standard InChI is InChI=1S/C29H29N5O7S/c1-2-40-28(37)22(34-42(38,39)25-9-5-7-19-6-3-4-8-20(19)25)17-18-10-11-23-21(16-18)32-27(36)24(41-23)12-13-26(35)33-29-30-14-15-31-29/h3-11,14-16,22,24,34H,2,12-13,17H2,1H3,(H,32,36)(H2,30,31,33,35)/t22-,24+/m0/s1. The van der Waals surface area contributed by atoms with Crippen molar-refractivity contribution in [2.24, 2.45) is 0 Å². The molecule has 0 spiro atoms. The van der Waals surface area contributed by atoms with E-state index in [4.69, 9.17) is 9.47 Å². The number of carbonyl (C=O) groups excluding carboxylic acids is 3. The van der Waals surface area contributed by atoms with Gasteiger partial charge in [0.05, 0.1) is 17.2 Å². The van der Waals surface area contributed by atoms with Gasteiger partial charge in [0.2, 0.25) is 21.9 Å². The van der Waals surface area contributed by atoms with Crippen LogP contribution in [0.1, 0.15) is 25.3 Å². The summed E-state index contributed by atoms with van der Waals surface area (Å²) in [5.41, 5.74) is 0.931. The minimum Gasteiger partial charge on any atom is -0.478 e. The minimum atomic E-state index is -4.12. The second-order valence-corrected chi connectivity index (χ2v) is 11.2. The van der Waals surface area contributed by atoms with Gasteiger partial charge in [0.25, 0.3) is 5.91 Å². The zero-order valence-electron chi connectivity index (χ0n) is 22.6. The Morgan fingerprint density at radius 3 is 2.71 bits per heavy atom. The van der Waals surface area contributed by atoms with Crippen LogP contribution in [-0.4, -0.2) is 54.9 Å². The molecule has 1 aliphatic rings. The average molecular weight is 592 g/mol. The number of carbonyl (C=O) groups is 3. The van der Waals surface area contributed by atoms with Gasteiger partial charge in [-0.2, -0.15) is 4.72 Å². The number of hydrogen-bond acceptors (Lipinski definition) is 8. The van der Waals surface area contributed by atoms with Crippen molar-refractivity contribution >= 4 is 50.2 Å². The van der Waals surface area contributed by atoms with Crippen molar-refractivity contribution < 1.29 is 32.3 Å². The van der Waals surface area contributed by atoms with Gasteiger partial charge in [0, 0.05) is 30.6 Å². The molecular formula is C29H29N5O7S. The van der Waals surface area contributed by atoms with Gasteiger partial charge in [-0.05, 0) is 42.5 Å². The third kappa shape index (κ3) is 6.58. The van der Waals surface area contributed by atoms with E-state index >= 15 is 0 Å². The van der Waals surface area contributed by atoms with E-state index in [0.29, 0.717) is 28.3 Å². The van der Waals surface area contributed by atoms with Gasteiger partial charge in [-0.15, -0.1) is 0 Å². The lowest BCUT2D eigenvalue weighted by atomic mass is 10.0. The number of amides is 2. The summed E-state index contributed by atoms with van der Waals surface area (Å²) in [5.74, 6) is -0.777. The van der Waals surface area contributed by atoms with Crippen LogP contribution in [0.5, 0.6) is 5.75 Å². The highest BCUT2D eigenvalue weighted by Gasteiger charge is 2.31. The molecule has 2 heterocycles. The Labute approximate surface area is 241 Å². The minimum absolute atomic E-state index is 0.0320. The van der Waals surface area contributed by atoms with Crippen LogP contribution < -0.4 is 20.1 Å². The van der Waals surface area contributed by atoms with Gasteiger partial charge >= 0.3 is 5.97 Å². The number of anilines is 2. The van der Waals surface area contributed by atoms with Crippen LogP contribution in [0.15, 0.2) is 78.0 Å². The zero-order chi connectivity index (χ0) is 29.7. The van der Waals surface area contributed by atoms with E-state index in [2.05, 4.69) is 25.3 Å². The van der Waals surface area contributed by atoms with E-state index in [1.165, 1.54) is 12.3 Å². The third-order valence-electron chi connectivity index (χ3n) is 6.60. The van der Waals surface area contributed by atoms with Gasteiger partial charge in [-0.3, -0.25) is 19.7 Å². The zero-order valence-corrected chi connectivity index (χ0v) is 23.4. The van der Waals surface area contributed by atoms with Crippen LogP contribution in [0.3, 0.4) is 0 Å². The lowest BCUT2D eigenvalue weighted by Crippen LogP contribution is -2.43. The molecule has 0 saturated carbocycles. The van der Waals surface area contributed by atoms with Crippen LogP contribution in [0.25, 0.3) is 10.8 Å². The average Bonchev–Trinajstić information content (AvgIpc) is 3.48. The van der Waals surface area contributed by atoms with Crippen molar-refractivity contribution in [3.8, 4) is 5.75 Å². The van der Waals surface area contributed by atoms with Crippen molar-refractivity contribution in [2.75, 3.05) is 17.2 Å². The summed E-state index contributed by atoms with van der Waals surface area (Å²) in [6.07, 6.45) is 2.33. The molecule has 2 amide bonds. The molecule has 13 heteroatoms. The van der Waals surface area contributed by atoms with E-state index in [9.17, 15) is 22.8 Å². The number of benzene rings is 3. The van der Waals surface area contributed by atoms with Crippen molar-refractivity contribution in [3.63, 3.8) is 0 Å². The highest BCUT2D eigenvalue weighted by Crippen LogP contribution is 2.32. The number of H-pyrrole nitrogens is 1. The predicted molar refractivity (Wildman–Crippen MR) is 154 cm³/mol. The van der Waals surface area contributed by atoms with E-state index < -0.39 is 34.0 Å². The molecule has 218 valence electrons. The first-order valence-electron chi connectivity index (χ1n) is 13.3. The first-order chi connectivity index (χ1) is 20.2. The summed E-state index contributed by atoms with van der Waals surface area (Å²) >= 11 is 0. The molecular weight excluding hydrogens is 562 g/mol. The lowest BCUT2D eigenvalue weighted by molar-refractivity contribution is -0.145. The Kier molecular flexibility index (Phi) is 8.50. The van der Waals surface area contributed by atoms with E-state index in [1.54, 1.807) is 61.7 Å². The largest absolute Gasteiger partial charge is 0.478 e. The number of esters is 1. The molecule has 4 aromatic rings. The maximum absolute atomic E-state index is 13.4. The molecule has 0 aliphatic carbocycles. The number of imidazole rings is 1. The maximum atomic E-state index is 13.4. The first-order valence-corrected chi connectivity index (χ1v) is 14.8. The fraction of sp³-hybridized carbons (Fsp3) is 0.241. The quantitative estimate of drug-likeness (QED) is 0.193. The summed E-state index contributed by atoms with van der Waals surface area (Å²) in [5, 5.41) is 6.64. The Hall–Kier alpha value is -4.75. The molecule has 0 radical (unpaired) electrons. The molecule has 2 atom stereocenters. The molecule has 5 rings (SSSR count). The number of nitrogens with one attached hydrogen (secondary N) is 4. The Morgan fingerprint density at radius 1 is 1.12 bits per heavy atom. The maximum Gasteiger partial charge on any atom is 0.324 e. The number of aromatic amines is 1. The number of sulfonamides is 1. The normalized spacial score (nSPS) is 15.3. The summed E-state index contributed by atoms with van der Waals surface area (Å²) in [6.45, 7) is 1.71. The monoisotopic (exact) mass is 591 g/mol. The number of fused-ring (bicyclic) bond motifs is 2. The van der Waals surface area contributed by atoms with Crippen LogP contribution in [0.4, 0.5) is 11.6 Å². The first kappa shape index (κ1) is 28.8. The van der Waals surface area contributed by atoms with Gasteiger partial charge < -0.3 is 19.8 Å². The van der Waals surface area contributed by atoms with Crippen molar-refractivity contribution in [2.45, 2.75) is 43.2 Å². The molecule has 1 aliphatic heterocycles. The smallest absolute Gasteiger partial charge is 0.324 e. The van der Waals surface area contributed by atoms with Crippen molar-refractivity contribution in [1.82, 2.24) is 14.7 Å². The second-order valence-electron chi connectivity index (χ2n) is 9.56. The third-order valence-corrected chi connectivity index (χ3v) is 8.13. The number of ether oxygens (including phenoxy) is 2. The molecule has 0 unspecified atom stereocenters. The molecule has 0 bridgehead atoms. The Balaban J connectivity index is 1.29. The van der Waals surface area contributed by atoms with Gasteiger partial charge in [0.1, 0.15) is 11.8 Å². The fourth-order valence-electron chi connectivity index (χ4n) is 4.64. The van der Waals surface area contributed by atoms with E-state index in [0.717, 1.165) is 5.39 Å². The van der Waals surface area contributed by atoms with Crippen molar-refractivity contribution in [1.29, 1.82) is 0 Å². The van der Waals surface area contributed by atoms with Crippen LogP contribution in [0.2, 0.25) is 0 Å². The van der Waals surface area contributed by atoms with Gasteiger partial charge in [0.15, 0.2) is 6.10 Å². The molecule has 12 nitrogen and oxygen atoms in total. The predicted octanol–water partition coefficient (Wildman–Crippen LogP) is 3.13. The van der Waals surface area contributed by atoms with E-state index in [-0.39, 0.29) is 36.7 Å². The number of aromatic nitrogens is 2. The van der Waals surface area contributed by atoms with Gasteiger partial charge in [-0.1, -0.05) is 42.5 Å². The van der Waals surface area contributed by atoms with Crippen LogP contribution in [0, 0.1) is 0 Å².